The Kier molecular flexibility index (Phi) is 6.85. The van der Waals surface area contributed by atoms with Crippen molar-refractivity contribution in [1.82, 2.24) is 15.2 Å². The van der Waals surface area contributed by atoms with Crippen LogP contribution in [-0.4, -0.2) is 69.0 Å². The van der Waals surface area contributed by atoms with Crippen molar-refractivity contribution >= 4 is 33.4 Å². The molecule has 2 aliphatic rings. The first-order valence-electron chi connectivity index (χ1n) is 12.9. The summed E-state index contributed by atoms with van der Waals surface area (Å²) in [6.07, 6.45) is 2.53. The lowest BCUT2D eigenvalue weighted by molar-refractivity contribution is 0.0321. The summed E-state index contributed by atoms with van der Waals surface area (Å²) in [5, 5.41) is 8.31. The minimum atomic E-state index is -0.254. The van der Waals surface area contributed by atoms with Crippen LogP contribution in [0.1, 0.15) is 5.56 Å². The van der Waals surface area contributed by atoms with Crippen molar-refractivity contribution in [3.63, 3.8) is 0 Å². The second kappa shape index (κ2) is 10.7. The van der Waals surface area contributed by atoms with Gasteiger partial charge in [0.05, 0.1) is 30.7 Å². The van der Waals surface area contributed by atoms with Gasteiger partial charge in [-0.3, -0.25) is 9.88 Å². The average Bonchev–Trinajstić information content (AvgIpc) is 3.44. The Balaban J connectivity index is 1.25. The number of nitrogens with one attached hydrogen (secondary N) is 2. The molecular weight excluding hydrogens is 484 g/mol. The zero-order valence-corrected chi connectivity index (χ0v) is 21.3. The van der Waals surface area contributed by atoms with Gasteiger partial charge in [-0.25, -0.2) is 4.79 Å². The first-order chi connectivity index (χ1) is 18.7. The van der Waals surface area contributed by atoms with Gasteiger partial charge in [-0.15, -0.1) is 0 Å². The predicted molar refractivity (Wildman–Crippen MR) is 146 cm³/mol. The van der Waals surface area contributed by atoms with Crippen LogP contribution < -0.4 is 24.8 Å². The Morgan fingerprint density at radius 3 is 2.74 bits per heavy atom. The zero-order valence-electron chi connectivity index (χ0n) is 21.3. The van der Waals surface area contributed by atoms with Crippen LogP contribution >= 0.6 is 0 Å². The average molecular weight is 515 g/mol. The molecule has 1 fully saturated rings. The number of fused-ring (bicyclic) bond motifs is 4. The summed E-state index contributed by atoms with van der Waals surface area (Å²) in [6, 6.07) is 15.3. The first kappa shape index (κ1) is 24.3. The van der Waals surface area contributed by atoms with E-state index in [0.29, 0.717) is 13.2 Å². The van der Waals surface area contributed by atoms with Crippen LogP contribution in [0, 0.1) is 0 Å². The van der Waals surface area contributed by atoms with Gasteiger partial charge in [-0.2, -0.15) is 0 Å². The van der Waals surface area contributed by atoms with E-state index in [0.717, 1.165) is 95.2 Å². The number of morpholine rings is 1. The van der Waals surface area contributed by atoms with Crippen LogP contribution in [0.4, 0.5) is 10.5 Å². The molecule has 6 rings (SSSR count). The molecule has 196 valence electrons. The molecule has 9 nitrogen and oxygen atoms in total. The van der Waals surface area contributed by atoms with Crippen LogP contribution in [0.15, 0.2) is 54.7 Å². The number of benzene rings is 3. The highest BCUT2D eigenvalue weighted by atomic mass is 16.5. The minimum absolute atomic E-state index is 0.254. The lowest BCUT2D eigenvalue weighted by atomic mass is 10.0. The van der Waals surface area contributed by atoms with Crippen LogP contribution in [0.2, 0.25) is 0 Å². The fourth-order valence-electron chi connectivity index (χ4n) is 4.96. The second-order valence-electron chi connectivity index (χ2n) is 9.32. The maximum absolute atomic E-state index is 11.6. The van der Waals surface area contributed by atoms with E-state index < -0.39 is 0 Å². The summed E-state index contributed by atoms with van der Waals surface area (Å²) < 4.78 is 24.0. The van der Waals surface area contributed by atoms with Gasteiger partial charge in [0, 0.05) is 56.6 Å². The Bertz CT molecular complexity index is 1490. The molecule has 9 heteroatoms. The lowest BCUT2D eigenvalue weighted by Crippen LogP contribution is -2.38. The maximum atomic E-state index is 11.6. The largest absolute Gasteiger partial charge is 0.489 e. The van der Waals surface area contributed by atoms with Crippen LogP contribution in [0.25, 0.3) is 21.7 Å². The highest BCUT2D eigenvalue weighted by Crippen LogP contribution is 2.44. The van der Waals surface area contributed by atoms with Crippen molar-refractivity contribution in [2.45, 2.75) is 6.42 Å². The molecular formula is C29H30N4O5. The van der Waals surface area contributed by atoms with Gasteiger partial charge >= 0.3 is 6.03 Å². The molecule has 0 aliphatic carbocycles. The maximum Gasteiger partial charge on any atom is 0.318 e. The highest BCUT2D eigenvalue weighted by molar-refractivity contribution is 5.95. The minimum Gasteiger partial charge on any atom is -0.489 e. The smallest absolute Gasteiger partial charge is 0.318 e. The van der Waals surface area contributed by atoms with Crippen molar-refractivity contribution in [3.8, 4) is 23.0 Å². The summed E-state index contributed by atoms with van der Waals surface area (Å²) in [5.41, 5.74) is 2.61. The van der Waals surface area contributed by atoms with Crippen molar-refractivity contribution in [2.75, 3.05) is 58.4 Å². The van der Waals surface area contributed by atoms with E-state index in [4.69, 9.17) is 18.9 Å². The van der Waals surface area contributed by atoms with E-state index in [-0.39, 0.29) is 6.03 Å². The lowest BCUT2D eigenvalue weighted by Gasteiger charge is -2.26. The third-order valence-electron chi connectivity index (χ3n) is 6.90. The number of anilines is 1. The molecule has 2 N–H and O–H groups in total. The standard InChI is InChI=1S/C29H30N4O5/c1-30-29(34)32-21-4-2-20-17-22(5-3-19(20)16-21)38-25-6-8-31-24-18-26(28-23(27(24)25)7-12-37-28)36-15-11-33-9-13-35-14-10-33/h2-6,8,16-18H,7,9-15H2,1H3,(H2,30,32,34). The third kappa shape index (κ3) is 5.03. The Morgan fingerprint density at radius 1 is 1.03 bits per heavy atom. The van der Waals surface area contributed by atoms with Gasteiger partial charge in [0.1, 0.15) is 18.1 Å². The Hall–Kier alpha value is -4.08. The van der Waals surface area contributed by atoms with E-state index in [9.17, 15) is 4.79 Å². The molecule has 0 saturated carbocycles. The second-order valence-corrected chi connectivity index (χ2v) is 9.32. The van der Waals surface area contributed by atoms with E-state index in [2.05, 4.69) is 20.5 Å². The number of urea groups is 1. The molecule has 2 aliphatic heterocycles. The van der Waals surface area contributed by atoms with Crippen LogP contribution in [0.5, 0.6) is 23.0 Å². The molecule has 0 unspecified atom stereocenters. The number of carbonyl (C=O) groups is 1. The number of hydrogen-bond acceptors (Lipinski definition) is 7. The van der Waals surface area contributed by atoms with E-state index >= 15 is 0 Å². The monoisotopic (exact) mass is 514 g/mol. The quantitative estimate of drug-likeness (QED) is 0.373. The third-order valence-corrected chi connectivity index (χ3v) is 6.90. The predicted octanol–water partition coefficient (Wildman–Crippen LogP) is 4.58. The number of nitrogens with zero attached hydrogens (tertiary/aromatic N) is 2. The molecule has 0 atom stereocenters. The fraction of sp³-hybridized carbons (Fsp3) is 0.310. The van der Waals surface area contributed by atoms with E-state index in [1.807, 2.05) is 48.5 Å². The molecule has 2 amide bonds. The molecule has 4 aromatic rings. The highest BCUT2D eigenvalue weighted by Gasteiger charge is 2.24. The van der Waals surface area contributed by atoms with Gasteiger partial charge < -0.3 is 29.6 Å². The van der Waals surface area contributed by atoms with Gasteiger partial charge in [0.15, 0.2) is 11.5 Å². The molecule has 38 heavy (non-hydrogen) atoms. The molecule has 0 bridgehead atoms. The summed E-state index contributed by atoms with van der Waals surface area (Å²) in [4.78, 5) is 18.6. The summed E-state index contributed by atoms with van der Waals surface area (Å²) in [6.45, 7) is 5.43. The summed E-state index contributed by atoms with van der Waals surface area (Å²) in [7, 11) is 1.59. The Morgan fingerprint density at radius 2 is 1.87 bits per heavy atom. The zero-order chi connectivity index (χ0) is 25.9. The number of amides is 2. The van der Waals surface area contributed by atoms with Gasteiger partial charge in [0.2, 0.25) is 0 Å². The molecule has 1 saturated heterocycles. The summed E-state index contributed by atoms with van der Waals surface area (Å²) >= 11 is 0. The molecule has 3 aromatic carbocycles. The number of hydrogen-bond donors (Lipinski definition) is 2. The van der Waals surface area contributed by atoms with Crippen molar-refractivity contribution in [1.29, 1.82) is 0 Å². The normalized spacial score (nSPS) is 15.2. The van der Waals surface area contributed by atoms with Crippen LogP contribution in [0.3, 0.4) is 0 Å². The number of carbonyl (C=O) groups excluding carboxylic acids is 1. The van der Waals surface area contributed by atoms with Gasteiger partial charge in [-0.05, 0) is 41.1 Å². The van der Waals surface area contributed by atoms with Crippen molar-refractivity contribution < 1.29 is 23.7 Å². The first-order valence-corrected chi connectivity index (χ1v) is 12.9. The molecule has 1 aromatic heterocycles. The molecule has 3 heterocycles. The molecule has 0 radical (unpaired) electrons. The number of rotatable bonds is 7. The van der Waals surface area contributed by atoms with E-state index in [1.54, 1.807) is 13.2 Å². The van der Waals surface area contributed by atoms with Crippen molar-refractivity contribution in [3.05, 3.63) is 60.3 Å². The van der Waals surface area contributed by atoms with E-state index in [1.165, 1.54) is 0 Å². The number of pyridine rings is 1. The summed E-state index contributed by atoms with van der Waals surface area (Å²) in [5.74, 6) is 2.96. The Labute approximate surface area is 220 Å². The van der Waals surface area contributed by atoms with Crippen LogP contribution in [-0.2, 0) is 11.2 Å². The molecule has 0 spiro atoms. The topological polar surface area (TPSA) is 94.2 Å². The van der Waals surface area contributed by atoms with Gasteiger partial charge in [0.25, 0.3) is 0 Å². The SMILES string of the molecule is CNC(=O)Nc1ccc2cc(Oc3ccnc4cc(OCCN5CCOCC5)c5c(c34)CCO5)ccc2c1. The van der Waals surface area contributed by atoms with Crippen molar-refractivity contribution in [2.24, 2.45) is 0 Å². The van der Waals surface area contributed by atoms with Gasteiger partial charge in [-0.1, -0.05) is 12.1 Å². The fourth-order valence-corrected chi connectivity index (χ4v) is 4.96. The number of ether oxygens (including phenoxy) is 4. The number of aromatic nitrogens is 1.